The molecule has 0 N–H and O–H groups in total. The highest BCUT2D eigenvalue weighted by Gasteiger charge is 2.13. The molecule has 6 nitrogen and oxygen atoms in total. The van der Waals surface area contributed by atoms with Gasteiger partial charge < -0.3 is 9.94 Å². The summed E-state index contributed by atoms with van der Waals surface area (Å²) in [5.41, 5.74) is 1.32. The zero-order valence-electron chi connectivity index (χ0n) is 12.3. The maximum Gasteiger partial charge on any atom is 0.338 e. The number of aromatic nitrogens is 3. The molecule has 3 rings (SSSR count). The summed E-state index contributed by atoms with van der Waals surface area (Å²) in [5, 5.41) is 13.4. The van der Waals surface area contributed by atoms with E-state index < -0.39 is 5.97 Å². The molecule has 0 aliphatic heterocycles. The zero-order valence-corrected chi connectivity index (χ0v) is 13.1. The first kappa shape index (κ1) is 15.2. The molecule has 0 saturated carbocycles. The Balaban J connectivity index is 1.80. The van der Waals surface area contributed by atoms with Gasteiger partial charge in [0, 0.05) is 17.6 Å². The molecule has 116 valence electrons. The van der Waals surface area contributed by atoms with Crippen LogP contribution in [0.15, 0.2) is 53.9 Å². The lowest BCUT2D eigenvalue weighted by Gasteiger charge is -2.07. The Kier molecular flexibility index (Phi) is 4.38. The van der Waals surface area contributed by atoms with Crippen molar-refractivity contribution >= 4 is 28.6 Å². The summed E-state index contributed by atoms with van der Waals surface area (Å²) in [5.74, 6) is -0.473. The second kappa shape index (κ2) is 6.62. The highest BCUT2D eigenvalue weighted by Crippen LogP contribution is 2.15. The summed E-state index contributed by atoms with van der Waals surface area (Å²) in [6.45, 7) is -0.114. The topological polar surface area (TPSA) is 79.0 Å². The summed E-state index contributed by atoms with van der Waals surface area (Å²) in [6.07, 6.45) is 4.88. The van der Waals surface area contributed by atoms with Crippen molar-refractivity contribution in [2.45, 2.75) is 11.8 Å². The second-order valence-electron chi connectivity index (χ2n) is 4.73. The molecule has 0 unspecified atom stereocenters. The van der Waals surface area contributed by atoms with E-state index in [1.165, 1.54) is 18.0 Å². The molecule has 23 heavy (non-hydrogen) atoms. The van der Waals surface area contributed by atoms with Gasteiger partial charge in [0.15, 0.2) is 11.8 Å². The summed E-state index contributed by atoms with van der Waals surface area (Å²) in [4.78, 5) is 20.3. The lowest BCUT2D eigenvalue weighted by atomic mass is 10.2. The van der Waals surface area contributed by atoms with Gasteiger partial charge in [-0.05, 0) is 18.4 Å². The number of pyridine rings is 1. The van der Waals surface area contributed by atoms with Crippen LogP contribution in [0.4, 0.5) is 0 Å². The molecule has 0 bridgehead atoms. The van der Waals surface area contributed by atoms with E-state index in [-0.39, 0.29) is 6.61 Å². The molecule has 7 heteroatoms. The molecule has 0 fully saturated rings. The van der Waals surface area contributed by atoms with Crippen LogP contribution in [0.5, 0.6) is 0 Å². The third-order valence-corrected chi connectivity index (χ3v) is 3.78. The molecule has 0 saturated heterocycles. The van der Waals surface area contributed by atoms with Crippen molar-refractivity contribution < 1.29 is 14.3 Å². The summed E-state index contributed by atoms with van der Waals surface area (Å²) >= 11 is 1.40. The number of hydrogen-bond donors (Lipinski definition) is 0. The maximum absolute atomic E-state index is 12.0. The molecule has 3 aromatic rings. The zero-order chi connectivity index (χ0) is 16.2. The van der Waals surface area contributed by atoms with Crippen molar-refractivity contribution in [3.63, 3.8) is 0 Å². The molecule has 0 aliphatic carbocycles. The van der Waals surface area contributed by atoms with Crippen molar-refractivity contribution in [1.29, 1.82) is 0 Å². The van der Waals surface area contributed by atoms with Crippen molar-refractivity contribution in [3.05, 3.63) is 65.3 Å². The van der Waals surface area contributed by atoms with E-state index >= 15 is 0 Å². The van der Waals surface area contributed by atoms with Gasteiger partial charge in [0.25, 0.3) is 0 Å². The standard InChI is InChI=1S/C16H13N3O3S/c1-23-16-17-8-12-7-13(19(21)9-14(12)18-16)10-22-15(20)11-5-3-2-4-6-11/h2-9H,10H2,1H3. The molecule has 0 aliphatic rings. The predicted molar refractivity (Wildman–Crippen MR) is 85.8 cm³/mol. The lowest BCUT2D eigenvalue weighted by Crippen LogP contribution is -2.32. The first-order valence-electron chi connectivity index (χ1n) is 6.82. The van der Waals surface area contributed by atoms with Gasteiger partial charge >= 0.3 is 5.97 Å². The van der Waals surface area contributed by atoms with Crippen LogP contribution < -0.4 is 4.73 Å². The number of rotatable bonds is 4. The van der Waals surface area contributed by atoms with Gasteiger partial charge in [0.1, 0.15) is 5.52 Å². The average molecular weight is 327 g/mol. The van der Waals surface area contributed by atoms with E-state index in [2.05, 4.69) is 9.97 Å². The molecule has 2 aromatic heterocycles. The Morgan fingerprint density at radius 3 is 2.87 bits per heavy atom. The summed E-state index contributed by atoms with van der Waals surface area (Å²) < 4.78 is 5.85. The fourth-order valence-electron chi connectivity index (χ4n) is 2.04. The number of carbonyl (C=O) groups excluding carboxylic acids is 1. The average Bonchev–Trinajstić information content (AvgIpc) is 2.60. The monoisotopic (exact) mass is 327 g/mol. The number of thioether (sulfide) groups is 1. The van der Waals surface area contributed by atoms with Crippen LogP contribution in [0, 0.1) is 5.21 Å². The number of benzene rings is 1. The molecule has 0 spiro atoms. The van der Waals surface area contributed by atoms with Crippen molar-refractivity contribution in [2.24, 2.45) is 0 Å². The van der Waals surface area contributed by atoms with Crippen LogP contribution in [0.2, 0.25) is 0 Å². The van der Waals surface area contributed by atoms with E-state index in [0.29, 0.717) is 26.7 Å². The van der Waals surface area contributed by atoms with Crippen LogP contribution in [0.25, 0.3) is 10.9 Å². The summed E-state index contributed by atoms with van der Waals surface area (Å²) in [6, 6.07) is 10.3. The second-order valence-corrected chi connectivity index (χ2v) is 5.50. The van der Waals surface area contributed by atoms with Crippen LogP contribution in [0.1, 0.15) is 16.1 Å². The quantitative estimate of drug-likeness (QED) is 0.241. The van der Waals surface area contributed by atoms with Gasteiger partial charge in [0.05, 0.1) is 5.56 Å². The normalized spacial score (nSPS) is 10.7. The third-order valence-electron chi connectivity index (χ3n) is 3.21. The fraction of sp³-hybridized carbons (Fsp3) is 0.125. The largest absolute Gasteiger partial charge is 0.618 e. The Morgan fingerprint density at radius 1 is 1.35 bits per heavy atom. The number of carbonyl (C=O) groups is 1. The Morgan fingerprint density at radius 2 is 2.13 bits per heavy atom. The number of esters is 1. The van der Waals surface area contributed by atoms with Crippen LogP contribution >= 0.6 is 11.8 Å². The van der Waals surface area contributed by atoms with Crippen molar-refractivity contribution in [3.8, 4) is 0 Å². The SMILES string of the molecule is CSc1ncc2cc(COC(=O)c3ccccc3)[n+]([O-])cc2n1. The predicted octanol–water partition coefficient (Wildman–Crippen LogP) is 2.34. The Bertz CT molecular complexity index is 856. The van der Waals surface area contributed by atoms with Gasteiger partial charge in [-0.1, -0.05) is 30.0 Å². The van der Waals surface area contributed by atoms with Gasteiger partial charge in [0.2, 0.25) is 11.9 Å². The maximum atomic E-state index is 12.0. The molecule has 0 atom stereocenters. The van der Waals surface area contributed by atoms with Crippen LogP contribution in [0.3, 0.4) is 0 Å². The van der Waals surface area contributed by atoms with Crippen LogP contribution in [-0.4, -0.2) is 22.2 Å². The van der Waals surface area contributed by atoms with Gasteiger partial charge in [-0.15, -0.1) is 0 Å². The van der Waals surface area contributed by atoms with Crippen molar-refractivity contribution in [1.82, 2.24) is 9.97 Å². The molecule has 0 amide bonds. The number of ether oxygens (including phenoxy) is 1. The minimum absolute atomic E-state index is 0.114. The van der Waals surface area contributed by atoms with E-state index in [4.69, 9.17) is 4.74 Å². The lowest BCUT2D eigenvalue weighted by molar-refractivity contribution is -0.614. The Hall–Kier alpha value is -2.67. The molecule has 2 heterocycles. The minimum Gasteiger partial charge on any atom is -0.618 e. The number of fused-ring (bicyclic) bond motifs is 1. The number of nitrogens with zero attached hydrogens (tertiary/aromatic N) is 3. The van der Waals surface area contributed by atoms with E-state index in [1.807, 2.05) is 12.3 Å². The van der Waals surface area contributed by atoms with E-state index in [1.54, 1.807) is 36.5 Å². The smallest absolute Gasteiger partial charge is 0.338 e. The molecule has 1 aromatic carbocycles. The number of hydrogen-bond acceptors (Lipinski definition) is 6. The molecular formula is C16H13N3O3S. The van der Waals surface area contributed by atoms with Gasteiger partial charge in [-0.3, -0.25) is 0 Å². The fourth-order valence-corrected chi connectivity index (χ4v) is 2.39. The van der Waals surface area contributed by atoms with Gasteiger partial charge in [-0.2, -0.15) is 4.73 Å². The van der Waals surface area contributed by atoms with Crippen molar-refractivity contribution in [2.75, 3.05) is 6.26 Å². The van der Waals surface area contributed by atoms with E-state index in [0.717, 1.165) is 5.39 Å². The highest BCUT2D eigenvalue weighted by molar-refractivity contribution is 7.98. The minimum atomic E-state index is -0.473. The molecule has 0 radical (unpaired) electrons. The summed E-state index contributed by atoms with van der Waals surface area (Å²) in [7, 11) is 0. The first-order valence-corrected chi connectivity index (χ1v) is 8.05. The third kappa shape index (κ3) is 3.40. The Labute approximate surface area is 136 Å². The molecular weight excluding hydrogens is 314 g/mol. The van der Waals surface area contributed by atoms with Gasteiger partial charge in [-0.25, -0.2) is 14.8 Å². The highest BCUT2D eigenvalue weighted by atomic mass is 32.2. The van der Waals surface area contributed by atoms with E-state index in [9.17, 15) is 10.0 Å². The first-order chi connectivity index (χ1) is 11.2. The van der Waals surface area contributed by atoms with Crippen LogP contribution in [-0.2, 0) is 11.3 Å².